The van der Waals surface area contributed by atoms with E-state index in [0.717, 1.165) is 6.42 Å². The minimum atomic E-state index is -0.416. The molecule has 2 heteroatoms. The summed E-state index contributed by atoms with van der Waals surface area (Å²) < 4.78 is 6.40. The van der Waals surface area contributed by atoms with E-state index < -0.39 is 7.92 Å². The molecule has 0 radical (unpaired) electrons. The van der Waals surface area contributed by atoms with Gasteiger partial charge in [-0.1, -0.05) is 84.9 Å². The number of fused-ring (bicyclic) bond motifs is 5. The van der Waals surface area contributed by atoms with E-state index >= 15 is 0 Å². The van der Waals surface area contributed by atoms with E-state index in [1.54, 1.807) is 0 Å². The fourth-order valence-electron chi connectivity index (χ4n) is 4.16. The van der Waals surface area contributed by atoms with Gasteiger partial charge in [-0.25, -0.2) is 0 Å². The molecule has 0 aliphatic carbocycles. The first kappa shape index (κ1) is 14.4. The van der Waals surface area contributed by atoms with Crippen LogP contribution in [0, 0.1) is 0 Å². The number of hydrogen-bond donors (Lipinski definition) is 0. The molecular weight excluding hydrogens is 311 g/mol. The maximum Gasteiger partial charge on any atom is 0.0911 e. The van der Waals surface area contributed by atoms with Crippen molar-refractivity contribution in [1.82, 2.24) is 0 Å². The minimum Gasteiger partial charge on any atom is -0.365 e. The first-order valence-electron chi connectivity index (χ1n) is 8.55. The first-order chi connectivity index (χ1) is 11.9. The van der Waals surface area contributed by atoms with Crippen molar-refractivity contribution in [2.75, 3.05) is 0 Å². The lowest BCUT2D eigenvalue weighted by molar-refractivity contribution is 0.0725. The average molecular weight is 330 g/mol. The number of rotatable bonds is 3. The second-order valence-corrected chi connectivity index (χ2v) is 8.95. The Bertz CT molecular complexity index is 807. The van der Waals surface area contributed by atoms with Crippen molar-refractivity contribution < 1.29 is 4.74 Å². The van der Waals surface area contributed by atoms with Crippen molar-refractivity contribution in [3.8, 4) is 0 Å². The third-order valence-electron chi connectivity index (χ3n) is 5.17. The lowest BCUT2D eigenvalue weighted by atomic mass is 9.91. The molecule has 0 amide bonds. The van der Waals surface area contributed by atoms with Crippen molar-refractivity contribution in [3.63, 3.8) is 0 Å². The highest BCUT2D eigenvalue weighted by atomic mass is 31.1. The van der Waals surface area contributed by atoms with Gasteiger partial charge in [0, 0.05) is 5.66 Å². The van der Waals surface area contributed by atoms with Gasteiger partial charge < -0.3 is 4.74 Å². The van der Waals surface area contributed by atoms with Gasteiger partial charge in [-0.15, -0.1) is 0 Å². The molecule has 0 aromatic heterocycles. The molecule has 118 valence electrons. The molecule has 0 N–H and O–H groups in total. The summed E-state index contributed by atoms with van der Waals surface area (Å²) in [7, 11) is -0.416. The molecule has 5 rings (SSSR count). The summed E-state index contributed by atoms with van der Waals surface area (Å²) in [4.78, 5) is 0. The van der Waals surface area contributed by atoms with Crippen LogP contribution < -0.4 is 10.6 Å². The van der Waals surface area contributed by atoms with E-state index in [-0.39, 0.29) is 12.2 Å². The Balaban J connectivity index is 1.60. The summed E-state index contributed by atoms with van der Waals surface area (Å²) in [6.45, 7) is 0. The summed E-state index contributed by atoms with van der Waals surface area (Å²) >= 11 is 0. The number of benzene rings is 3. The Morgan fingerprint density at radius 3 is 1.83 bits per heavy atom. The molecular formula is C22H19OP. The van der Waals surface area contributed by atoms with E-state index in [2.05, 4.69) is 84.9 Å². The molecule has 2 heterocycles. The predicted molar refractivity (Wildman–Crippen MR) is 100 cm³/mol. The molecule has 2 bridgehead atoms. The van der Waals surface area contributed by atoms with Gasteiger partial charge in [-0.2, -0.15) is 0 Å². The highest BCUT2D eigenvalue weighted by Crippen LogP contribution is 2.60. The van der Waals surface area contributed by atoms with Crippen molar-refractivity contribution >= 4 is 18.5 Å². The van der Waals surface area contributed by atoms with Crippen molar-refractivity contribution in [1.29, 1.82) is 0 Å². The zero-order valence-electron chi connectivity index (χ0n) is 13.4. The Labute approximate surface area is 144 Å². The quantitative estimate of drug-likeness (QED) is 0.632. The minimum absolute atomic E-state index is 0.248. The van der Waals surface area contributed by atoms with E-state index in [4.69, 9.17) is 4.74 Å². The van der Waals surface area contributed by atoms with Crippen LogP contribution in [0.5, 0.6) is 0 Å². The molecule has 1 fully saturated rings. The van der Waals surface area contributed by atoms with Gasteiger partial charge in [0.05, 0.1) is 12.2 Å². The maximum absolute atomic E-state index is 6.40. The molecule has 1 nitrogen and oxygen atoms in total. The van der Waals surface area contributed by atoms with Gasteiger partial charge in [-0.05, 0) is 36.1 Å². The van der Waals surface area contributed by atoms with Gasteiger partial charge in [-0.3, -0.25) is 0 Å². The van der Waals surface area contributed by atoms with E-state index in [1.165, 1.54) is 21.7 Å². The summed E-state index contributed by atoms with van der Waals surface area (Å²) in [5.74, 6) is 0. The smallest absolute Gasteiger partial charge is 0.0911 e. The molecule has 3 atom stereocenters. The Morgan fingerprint density at radius 1 is 0.667 bits per heavy atom. The van der Waals surface area contributed by atoms with Crippen LogP contribution in [0.25, 0.3) is 0 Å². The standard InChI is InChI=1S/C22H19OP/c1-3-9-16(10-4-1)24(17-11-5-2-6-12-17)21-15-20-18-13-7-8-14-19(18)22(21)23-20/h1-14,20-22H,15H2/t20-,21+,22-/m0/s1. The molecule has 0 spiro atoms. The maximum atomic E-state index is 6.40. The van der Waals surface area contributed by atoms with Crippen LogP contribution in [0.4, 0.5) is 0 Å². The van der Waals surface area contributed by atoms with Crippen molar-refractivity contribution in [2.45, 2.75) is 24.3 Å². The third kappa shape index (κ3) is 2.24. The van der Waals surface area contributed by atoms with Gasteiger partial charge in [0.15, 0.2) is 0 Å². The van der Waals surface area contributed by atoms with E-state index in [9.17, 15) is 0 Å². The fourth-order valence-corrected chi connectivity index (χ4v) is 7.11. The molecule has 3 aromatic rings. The van der Waals surface area contributed by atoms with Crippen LogP contribution in [0.15, 0.2) is 84.9 Å². The zero-order valence-corrected chi connectivity index (χ0v) is 14.3. The predicted octanol–water partition coefficient (Wildman–Crippen LogP) is 4.70. The Kier molecular flexibility index (Phi) is 3.51. The average Bonchev–Trinajstić information content (AvgIpc) is 3.24. The van der Waals surface area contributed by atoms with Gasteiger partial charge >= 0.3 is 0 Å². The van der Waals surface area contributed by atoms with Gasteiger partial charge in [0.1, 0.15) is 0 Å². The Hall–Kier alpha value is -1.95. The zero-order chi connectivity index (χ0) is 15.9. The van der Waals surface area contributed by atoms with Crippen molar-refractivity contribution in [3.05, 3.63) is 96.1 Å². The molecule has 2 aliphatic rings. The van der Waals surface area contributed by atoms with Crippen LogP contribution in [0.3, 0.4) is 0 Å². The molecule has 3 aromatic carbocycles. The highest BCUT2D eigenvalue weighted by molar-refractivity contribution is 7.73. The van der Waals surface area contributed by atoms with Crippen LogP contribution in [-0.2, 0) is 4.74 Å². The topological polar surface area (TPSA) is 9.23 Å². The molecule has 24 heavy (non-hydrogen) atoms. The number of hydrogen-bond acceptors (Lipinski definition) is 1. The second-order valence-electron chi connectivity index (χ2n) is 6.52. The summed E-state index contributed by atoms with van der Waals surface area (Å²) in [6.07, 6.45) is 1.67. The van der Waals surface area contributed by atoms with Crippen LogP contribution in [-0.4, -0.2) is 5.66 Å². The summed E-state index contributed by atoms with van der Waals surface area (Å²) in [6, 6.07) is 30.8. The third-order valence-corrected chi connectivity index (χ3v) is 8.02. The van der Waals surface area contributed by atoms with Crippen molar-refractivity contribution in [2.24, 2.45) is 0 Å². The second kappa shape index (κ2) is 5.84. The lowest BCUT2D eigenvalue weighted by Crippen LogP contribution is -2.25. The highest BCUT2D eigenvalue weighted by Gasteiger charge is 2.48. The normalized spacial score (nSPS) is 24.3. The lowest BCUT2D eigenvalue weighted by Gasteiger charge is -2.30. The molecule has 0 saturated carbocycles. The van der Waals surface area contributed by atoms with E-state index in [0.29, 0.717) is 5.66 Å². The van der Waals surface area contributed by atoms with Crippen LogP contribution in [0.1, 0.15) is 29.8 Å². The first-order valence-corrected chi connectivity index (χ1v) is 9.96. The summed E-state index contributed by atoms with van der Waals surface area (Å²) in [5.41, 5.74) is 3.39. The largest absolute Gasteiger partial charge is 0.365 e. The molecule has 0 unspecified atom stereocenters. The molecule has 2 aliphatic heterocycles. The van der Waals surface area contributed by atoms with Crippen LogP contribution in [0.2, 0.25) is 0 Å². The fraction of sp³-hybridized carbons (Fsp3) is 0.182. The number of ether oxygens (including phenoxy) is 1. The Morgan fingerprint density at radius 2 is 1.21 bits per heavy atom. The van der Waals surface area contributed by atoms with E-state index in [1.807, 2.05) is 0 Å². The van der Waals surface area contributed by atoms with Gasteiger partial charge in [0.2, 0.25) is 0 Å². The SMILES string of the molecule is c1ccc(P(c2ccccc2)[C@@H]2C[C@@H]3O[C@H]2c2ccccc23)cc1. The van der Waals surface area contributed by atoms with Crippen LogP contribution >= 0.6 is 7.92 Å². The monoisotopic (exact) mass is 330 g/mol. The molecule has 1 saturated heterocycles. The van der Waals surface area contributed by atoms with Gasteiger partial charge in [0.25, 0.3) is 0 Å². The summed E-state index contributed by atoms with van der Waals surface area (Å²) in [5, 5.41) is 2.91.